The van der Waals surface area contributed by atoms with Crippen molar-refractivity contribution in [2.75, 3.05) is 5.75 Å². The summed E-state index contributed by atoms with van der Waals surface area (Å²) in [5.74, 6) is 3.75. The number of aliphatic hydroxyl groups excluding tert-OH is 1. The zero-order chi connectivity index (χ0) is 28.2. The van der Waals surface area contributed by atoms with E-state index in [0.717, 1.165) is 36.0 Å². The molecule has 0 bridgehead atoms. The topological polar surface area (TPSA) is 80.2 Å². The predicted octanol–water partition coefficient (Wildman–Crippen LogP) is 5.87. The molecule has 3 fully saturated rings. The van der Waals surface area contributed by atoms with Crippen LogP contribution in [-0.2, 0) is 9.59 Å². The number of rotatable bonds is 5. The number of benzene rings is 1. The molecule has 0 radical (unpaired) electrons. The van der Waals surface area contributed by atoms with Crippen molar-refractivity contribution in [1.82, 2.24) is 9.97 Å². The van der Waals surface area contributed by atoms with Crippen molar-refractivity contribution in [3.8, 4) is 23.5 Å². The second-order valence-corrected chi connectivity index (χ2v) is 13.6. The Hall–Kier alpha value is -3.01. The third-order valence-corrected chi connectivity index (χ3v) is 11.4. The number of hydrogen-bond acceptors (Lipinski definition) is 6. The lowest BCUT2D eigenvalue weighted by molar-refractivity contribution is -0.138. The smallest absolute Gasteiger partial charge is 0.187 e. The van der Waals surface area contributed by atoms with Gasteiger partial charge < -0.3 is 5.11 Å². The van der Waals surface area contributed by atoms with E-state index >= 15 is 0 Å². The van der Waals surface area contributed by atoms with Gasteiger partial charge in [-0.3, -0.25) is 9.59 Å². The van der Waals surface area contributed by atoms with E-state index < -0.39 is 11.5 Å². The number of fused-ring (bicyclic) bond motifs is 5. The van der Waals surface area contributed by atoms with E-state index in [9.17, 15) is 14.7 Å². The molecule has 6 unspecified atom stereocenters. The van der Waals surface area contributed by atoms with E-state index in [-0.39, 0.29) is 40.7 Å². The first-order valence-corrected chi connectivity index (χ1v) is 15.3. The number of hydrogen-bond donors (Lipinski definition) is 1. The number of allylic oxidation sites excluding steroid dienone is 4. The summed E-state index contributed by atoms with van der Waals surface area (Å²) < 4.78 is 0. The van der Waals surface area contributed by atoms with Crippen LogP contribution in [0.15, 0.2) is 65.6 Å². The summed E-state index contributed by atoms with van der Waals surface area (Å²) in [6.45, 7) is 6.40. The minimum absolute atomic E-state index is 0.00514. The molecule has 0 amide bonds. The second-order valence-electron chi connectivity index (χ2n) is 12.7. The molecule has 4 aliphatic rings. The standard InChI is InChI=1S/C34H36N2O3S/c1-5-21-14-25-26-10-11-27(34(26,4)16-29(38)31(25)33(3)13-12-24(37)15-28(21)33)30(39)19-40-32-35-17-23(18-36-32)22-8-6-20(2)7-9-22/h1,6-9,12-13,15,17-18,21,25-27,29,31,38H,10-11,14,16,19H2,2-4H3/t21-,25?,26?,27?,29-,31?,33?,34?/m0/s1. The zero-order valence-electron chi connectivity index (χ0n) is 23.3. The van der Waals surface area contributed by atoms with Crippen LogP contribution in [0.1, 0.15) is 45.1 Å². The number of aryl methyl sites for hydroxylation is 1. The van der Waals surface area contributed by atoms with Gasteiger partial charge in [-0.05, 0) is 73.1 Å². The molecule has 1 heterocycles. The molecule has 6 heteroatoms. The van der Waals surface area contributed by atoms with Gasteiger partial charge in [-0.25, -0.2) is 9.97 Å². The fraction of sp³-hybridized carbons (Fsp3) is 0.471. The number of aromatic nitrogens is 2. The highest BCUT2D eigenvalue weighted by atomic mass is 32.2. The molecule has 40 heavy (non-hydrogen) atoms. The Balaban J connectivity index is 1.17. The lowest BCUT2D eigenvalue weighted by Gasteiger charge is -2.59. The van der Waals surface area contributed by atoms with Crippen LogP contribution in [0.3, 0.4) is 0 Å². The Bertz CT molecular complexity index is 1440. The maximum Gasteiger partial charge on any atom is 0.187 e. The highest BCUT2D eigenvalue weighted by Crippen LogP contribution is 2.67. The molecule has 4 aliphatic carbocycles. The van der Waals surface area contributed by atoms with Crippen molar-refractivity contribution < 1.29 is 14.7 Å². The van der Waals surface area contributed by atoms with Crippen LogP contribution in [0.25, 0.3) is 11.1 Å². The number of thioether (sulfide) groups is 1. The zero-order valence-corrected chi connectivity index (χ0v) is 24.2. The highest BCUT2D eigenvalue weighted by molar-refractivity contribution is 7.99. The summed E-state index contributed by atoms with van der Waals surface area (Å²) in [6, 6.07) is 8.26. The number of Topliss-reactive ketones (excluding diaryl/α,β-unsaturated/α-hetero) is 1. The number of terminal acetylenes is 1. The van der Waals surface area contributed by atoms with Crippen molar-refractivity contribution in [2.24, 2.45) is 40.4 Å². The summed E-state index contributed by atoms with van der Waals surface area (Å²) >= 11 is 1.39. The summed E-state index contributed by atoms with van der Waals surface area (Å²) in [4.78, 5) is 34.9. The molecule has 2 aromatic rings. The lowest BCUT2D eigenvalue weighted by Crippen LogP contribution is -2.57. The van der Waals surface area contributed by atoms with Gasteiger partial charge in [-0.1, -0.05) is 67.4 Å². The quantitative estimate of drug-likeness (QED) is 0.284. The Morgan fingerprint density at radius 1 is 1.15 bits per heavy atom. The average molecular weight is 553 g/mol. The van der Waals surface area contributed by atoms with Crippen LogP contribution in [0, 0.1) is 59.7 Å². The molecule has 8 atom stereocenters. The van der Waals surface area contributed by atoms with E-state index in [1.807, 2.05) is 18.5 Å². The summed E-state index contributed by atoms with van der Waals surface area (Å²) in [7, 11) is 0. The minimum Gasteiger partial charge on any atom is -0.393 e. The molecular weight excluding hydrogens is 516 g/mol. The van der Waals surface area contributed by atoms with Gasteiger partial charge in [0.05, 0.1) is 11.9 Å². The van der Waals surface area contributed by atoms with E-state index in [1.165, 1.54) is 17.3 Å². The van der Waals surface area contributed by atoms with Crippen molar-refractivity contribution >= 4 is 23.3 Å². The van der Waals surface area contributed by atoms with Crippen molar-refractivity contribution in [3.05, 3.63) is 66.0 Å². The summed E-state index contributed by atoms with van der Waals surface area (Å²) in [5.41, 5.74) is 3.49. The first-order chi connectivity index (χ1) is 19.1. The molecule has 0 spiro atoms. The van der Waals surface area contributed by atoms with Crippen LogP contribution in [-0.4, -0.2) is 38.5 Å². The van der Waals surface area contributed by atoms with Crippen LogP contribution in [0.2, 0.25) is 0 Å². The monoisotopic (exact) mass is 552 g/mol. The summed E-state index contributed by atoms with van der Waals surface area (Å²) in [6.07, 6.45) is 17.5. The Morgan fingerprint density at radius 3 is 2.58 bits per heavy atom. The first-order valence-electron chi connectivity index (χ1n) is 14.3. The molecule has 206 valence electrons. The van der Waals surface area contributed by atoms with Gasteiger partial charge in [-0.15, -0.1) is 6.42 Å². The van der Waals surface area contributed by atoms with Crippen molar-refractivity contribution in [1.29, 1.82) is 0 Å². The van der Waals surface area contributed by atoms with Crippen molar-refractivity contribution in [3.63, 3.8) is 0 Å². The Kier molecular flexibility index (Phi) is 6.87. The van der Waals surface area contributed by atoms with E-state index in [2.05, 4.69) is 60.9 Å². The largest absolute Gasteiger partial charge is 0.393 e. The normalized spacial score (nSPS) is 36.2. The predicted molar refractivity (Wildman–Crippen MR) is 157 cm³/mol. The fourth-order valence-corrected chi connectivity index (χ4v) is 9.35. The molecule has 1 N–H and O–H groups in total. The molecule has 0 aliphatic heterocycles. The van der Waals surface area contributed by atoms with Crippen LogP contribution in [0.4, 0.5) is 0 Å². The van der Waals surface area contributed by atoms with E-state index in [1.54, 1.807) is 12.2 Å². The van der Waals surface area contributed by atoms with E-state index in [4.69, 9.17) is 6.42 Å². The van der Waals surface area contributed by atoms with Gasteiger partial charge in [0.2, 0.25) is 0 Å². The fourth-order valence-electron chi connectivity index (χ4n) is 8.63. The van der Waals surface area contributed by atoms with E-state index in [0.29, 0.717) is 23.2 Å². The number of nitrogens with zero attached hydrogens (tertiary/aromatic N) is 2. The first kappa shape index (κ1) is 27.2. The number of carbonyl (C=O) groups excluding carboxylic acids is 2. The SMILES string of the molecule is C#C[C@H]1CC2C([C@@H](O)CC3(C)C(C(=O)CSc4ncc(-c5ccc(C)cc5)cn4)CCC23)C2(C)C=CC(=O)C=C12. The Labute approximate surface area is 241 Å². The molecule has 6 rings (SSSR count). The summed E-state index contributed by atoms with van der Waals surface area (Å²) in [5, 5.41) is 12.3. The molecule has 1 aromatic heterocycles. The number of carbonyl (C=O) groups is 2. The van der Waals surface area contributed by atoms with Crippen LogP contribution < -0.4 is 0 Å². The third kappa shape index (κ3) is 4.39. The van der Waals surface area contributed by atoms with Gasteiger partial charge >= 0.3 is 0 Å². The molecule has 1 aromatic carbocycles. The molecule has 5 nitrogen and oxygen atoms in total. The van der Waals surface area contributed by atoms with Gasteiger partial charge in [-0.2, -0.15) is 0 Å². The van der Waals surface area contributed by atoms with Crippen LogP contribution in [0.5, 0.6) is 0 Å². The van der Waals surface area contributed by atoms with Gasteiger partial charge in [0.25, 0.3) is 0 Å². The number of aliphatic hydroxyl groups is 1. The molecule has 0 saturated heterocycles. The van der Waals surface area contributed by atoms with Gasteiger partial charge in [0.1, 0.15) is 5.78 Å². The lowest BCUT2D eigenvalue weighted by atomic mass is 9.45. The van der Waals surface area contributed by atoms with Gasteiger partial charge in [0, 0.05) is 41.1 Å². The third-order valence-electron chi connectivity index (χ3n) is 10.5. The van der Waals surface area contributed by atoms with Crippen molar-refractivity contribution in [2.45, 2.75) is 57.7 Å². The Morgan fingerprint density at radius 2 is 1.88 bits per heavy atom. The highest BCUT2D eigenvalue weighted by Gasteiger charge is 2.63. The molecular formula is C34H36N2O3S. The van der Waals surface area contributed by atoms with Gasteiger partial charge in [0.15, 0.2) is 10.9 Å². The average Bonchev–Trinajstić information content (AvgIpc) is 3.29. The maximum absolute atomic E-state index is 13.7. The number of ketones is 2. The maximum atomic E-state index is 13.7. The minimum atomic E-state index is -0.560. The molecule has 3 saturated carbocycles. The van der Waals surface area contributed by atoms with Crippen LogP contribution >= 0.6 is 11.8 Å². The second kappa shape index (κ2) is 10.1.